The van der Waals surface area contributed by atoms with E-state index in [-0.39, 0.29) is 44.1 Å². The molecular weight excluding hydrogens is 593 g/mol. The molecule has 0 radical (unpaired) electrons. The second kappa shape index (κ2) is 10.3. The fourth-order valence-corrected chi connectivity index (χ4v) is 7.57. The van der Waals surface area contributed by atoms with Gasteiger partial charge in [0, 0.05) is 31.4 Å². The lowest BCUT2D eigenvalue weighted by atomic mass is 10.0. The Hall–Kier alpha value is -2.72. The van der Waals surface area contributed by atoms with Gasteiger partial charge in [0.05, 0.1) is 26.5 Å². The van der Waals surface area contributed by atoms with Crippen LogP contribution in [-0.2, 0) is 32.2 Å². The van der Waals surface area contributed by atoms with Crippen molar-refractivity contribution in [2.24, 2.45) is 0 Å². The zero-order valence-electron chi connectivity index (χ0n) is 20.8. The molecule has 0 N–H and O–H groups in total. The van der Waals surface area contributed by atoms with E-state index in [9.17, 15) is 52.4 Å². The minimum atomic E-state index is -5.23. The van der Waals surface area contributed by atoms with Crippen LogP contribution in [-0.4, -0.2) is 63.4 Å². The summed E-state index contributed by atoms with van der Waals surface area (Å²) < 4.78 is 146. The fourth-order valence-electron chi connectivity index (χ4n) is 4.70. The summed E-state index contributed by atoms with van der Waals surface area (Å²) in [7, 11) is -8.72. The minimum absolute atomic E-state index is 0.0317. The highest BCUT2D eigenvalue weighted by Crippen LogP contribution is 2.41. The van der Waals surface area contributed by atoms with Crippen LogP contribution < -0.4 is 0 Å². The first-order chi connectivity index (χ1) is 18.3. The molecule has 220 valence electrons. The number of sulfone groups is 1. The number of sulfonamides is 1. The van der Waals surface area contributed by atoms with E-state index >= 15 is 0 Å². The largest absolute Gasteiger partial charge is 0.416 e. The zero-order valence-corrected chi connectivity index (χ0v) is 22.4. The molecule has 2 aromatic rings. The normalized spacial score (nSPS) is 17.9. The van der Waals surface area contributed by atoms with Crippen LogP contribution in [0, 0.1) is 5.82 Å². The molecule has 2 aliphatic rings. The predicted octanol–water partition coefficient (Wildman–Crippen LogP) is 4.72. The Kier molecular flexibility index (Phi) is 7.77. The van der Waals surface area contributed by atoms with Gasteiger partial charge in [0.1, 0.15) is 5.82 Å². The van der Waals surface area contributed by atoms with Crippen molar-refractivity contribution >= 4 is 25.8 Å². The molecule has 0 spiro atoms. The van der Waals surface area contributed by atoms with Crippen LogP contribution >= 0.6 is 0 Å². The van der Waals surface area contributed by atoms with Crippen LogP contribution in [0.3, 0.4) is 0 Å². The molecule has 7 nitrogen and oxygen atoms in total. The molecule has 1 saturated heterocycles. The lowest BCUT2D eigenvalue weighted by Gasteiger charge is -2.38. The Morgan fingerprint density at radius 3 is 1.77 bits per heavy atom. The van der Waals surface area contributed by atoms with Crippen molar-refractivity contribution in [2.45, 2.75) is 59.9 Å². The lowest BCUT2D eigenvalue weighted by Crippen LogP contribution is -2.49. The van der Waals surface area contributed by atoms with E-state index in [2.05, 4.69) is 0 Å². The number of hydrogen-bond donors (Lipinski definition) is 0. The lowest BCUT2D eigenvalue weighted by molar-refractivity contribution is -0.143. The fraction of sp³-hybridized carbons (Fsp3) is 0.458. The third-order valence-electron chi connectivity index (χ3n) is 6.73. The third-order valence-corrected chi connectivity index (χ3v) is 9.86. The molecule has 1 heterocycles. The number of rotatable bonds is 6. The summed E-state index contributed by atoms with van der Waals surface area (Å²) in [6.45, 7) is -0.226. The van der Waals surface area contributed by atoms with Gasteiger partial charge in [0.15, 0.2) is 9.84 Å². The Bertz CT molecular complexity index is 1500. The molecule has 0 bridgehead atoms. The Morgan fingerprint density at radius 1 is 0.825 bits per heavy atom. The van der Waals surface area contributed by atoms with Crippen LogP contribution in [0.25, 0.3) is 0 Å². The maximum absolute atomic E-state index is 13.8. The van der Waals surface area contributed by atoms with Gasteiger partial charge in [0.2, 0.25) is 10.0 Å². The first-order valence-electron chi connectivity index (χ1n) is 11.9. The summed E-state index contributed by atoms with van der Waals surface area (Å²) in [6, 6.07) is 1.32. The summed E-state index contributed by atoms with van der Waals surface area (Å²) >= 11 is 0. The van der Waals surface area contributed by atoms with E-state index in [0.717, 1.165) is 28.8 Å². The van der Waals surface area contributed by atoms with Crippen LogP contribution in [0.2, 0.25) is 0 Å². The van der Waals surface area contributed by atoms with Crippen molar-refractivity contribution in [3.05, 3.63) is 58.9 Å². The van der Waals surface area contributed by atoms with Gasteiger partial charge in [0.25, 0.3) is 5.91 Å². The molecule has 1 saturated carbocycles. The molecule has 40 heavy (non-hydrogen) atoms. The molecule has 0 unspecified atom stereocenters. The third kappa shape index (κ3) is 6.28. The van der Waals surface area contributed by atoms with E-state index in [1.807, 2.05) is 0 Å². The molecule has 1 aliphatic heterocycles. The monoisotopic (exact) mass is 616 g/mol. The second-order valence-corrected chi connectivity index (χ2v) is 13.6. The molecule has 0 atom stereocenters. The number of halogens is 7. The standard InChI is InChI=1S/C24H23F7N2O5S2/c1-39(35,36)21-5-2-16(25)13-20(21)22(34)32-8-6-18(7-9-32)33(17-3-4-17)40(37,38)19-11-14(23(26,27)28)10-15(12-19)24(29,30)31/h2,5,10-13,17-18H,3-4,6-9H2,1H3. The zero-order chi connectivity index (χ0) is 29.8. The molecule has 1 amide bonds. The highest BCUT2D eigenvalue weighted by atomic mass is 32.2. The average molecular weight is 617 g/mol. The van der Waals surface area contributed by atoms with E-state index in [1.54, 1.807) is 0 Å². The topological polar surface area (TPSA) is 91.8 Å². The number of benzene rings is 2. The van der Waals surface area contributed by atoms with Crippen molar-refractivity contribution in [3.8, 4) is 0 Å². The Labute approximate surface area is 225 Å². The molecule has 16 heteroatoms. The van der Waals surface area contributed by atoms with Gasteiger partial charge in [-0.1, -0.05) is 0 Å². The van der Waals surface area contributed by atoms with Crippen molar-refractivity contribution < 1.29 is 52.4 Å². The minimum Gasteiger partial charge on any atom is -0.338 e. The van der Waals surface area contributed by atoms with Crippen LogP contribution in [0.15, 0.2) is 46.2 Å². The first kappa shape index (κ1) is 30.2. The number of alkyl halides is 6. The summed E-state index contributed by atoms with van der Waals surface area (Å²) in [6.07, 6.45) is -8.98. The second-order valence-electron chi connectivity index (χ2n) is 9.74. The molecule has 1 aliphatic carbocycles. The Morgan fingerprint density at radius 2 is 1.32 bits per heavy atom. The van der Waals surface area contributed by atoms with Gasteiger partial charge in [-0.2, -0.15) is 30.6 Å². The number of piperidine rings is 1. The van der Waals surface area contributed by atoms with Crippen molar-refractivity contribution in [1.82, 2.24) is 9.21 Å². The molecule has 2 aromatic carbocycles. The number of nitrogens with zero attached hydrogens (tertiary/aromatic N) is 2. The van der Waals surface area contributed by atoms with E-state index in [1.165, 1.54) is 4.90 Å². The number of hydrogen-bond acceptors (Lipinski definition) is 5. The highest BCUT2D eigenvalue weighted by molar-refractivity contribution is 7.90. The number of carbonyl (C=O) groups excluding carboxylic acids is 1. The van der Waals surface area contributed by atoms with E-state index in [4.69, 9.17) is 0 Å². The van der Waals surface area contributed by atoms with Gasteiger partial charge in [-0.3, -0.25) is 4.79 Å². The smallest absolute Gasteiger partial charge is 0.338 e. The van der Waals surface area contributed by atoms with E-state index < -0.39 is 82.5 Å². The predicted molar refractivity (Wildman–Crippen MR) is 127 cm³/mol. The maximum atomic E-state index is 13.8. The summed E-state index contributed by atoms with van der Waals surface area (Å²) in [5, 5.41) is 0. The van der Waals surface area contributed by atoms with Crippen LogP contribution in [0.4, 0.5) is 30.7 Å². The van der Waals surface area contributed by atoms with Crippen molar-refractivity contribution in [1.29, 1.82) is 0 Å². The van der Waals surface area contributed by atoms with Crippen LogP contribution in [0.1, 0.15) is 47.2 Å². The molecular formula is C24H23F7N2O5S2. The highest BCUT2D eigenvalue weighted by Gasteiger charge is 2.46. The Balaban J connectivity index is 1.62. The molecule has 2 fully saturated rings. The summed E-state index contributed by atoms with van der Waals surface area (Å²) in [5.41, 5.74) is -3.92. The van der Waals surface area contributed by atoms with E-state index in [0.29, 0.717) is 12.8 Å². The van der Waals surface area contributed by atoms with Crippen molar-refractivity contribution in [3.63, 3.8) is 0 Å². The van der Waals surface area contributed by atoms with Gasteiger partial charge in [-0.05, 0) is 62.1 Å². The number of amides is 1. The first-order valence-corrected chi connectivity index (χ1v) is 15.2. The van der Waals surface area contributed by atoms with Gasteiger partial charge >= 0.3 is 12.4 Å². The van der Waals surface area contributed by atoms with Gasteiger partial charge in [-0.25, -0.2) is 21.2 Å². The maximum Gasteiger partial charge on any atom is 0.416 e. The molecule has 0 aromatic heterocycles. The van der Waals surface area contributed by atoms with Gasteiger partial charge < -0.3 is 4.90 Å². The summed E-state index contributed by atoms with van der Waals surface area (Å²) in [4.78, 5) is 12.7. The average Bonchev–Trinajstić information content (AvgIpc) is 3.67. The number of carbonyl (C=O) groups is 1. The van der Waals surface area contributed by atoms with Gasteiger partial charge in [-0.15, -0.1) is 0 Å². The SMILES string of the molecule is CS(=O)(=O)c1ccc(F)cc1C(=O)N1CCC(N(C2CC2)S(=O)(=O)c2cc(C(F)(F)F)cc(C(F)(F)F)c2)CC1. The van der Waals surface area contributed by atoms with Crippen LogP contribution in [0.5, 0.6) is 0 Å². The molecule has 4 rings (SSSR count). The van der Waals surface area contributed by atoms with Crippen molar-refractivity contribution in [2.75, 3.05) is 19.3 Å². The summed E-state index contributed by atoms with van der Waals surface area (Å²) in [5.74, 6) is -1.66. The quantitative estimate of drug-likeness (QED) is 0.346. The number of likely N-dealkylation sites (tertiary alicyclic amines) is 1.